The van der Waals surface area contributed by atoms with Gasteiger partial charge in [-0.15, -0.1) is 0 Å². The van der Waals surface area contributed by atoms with Gasteiger partial charge in [0.15, 0.2) is 0 Å². The molecule has 0 aromatic carbocycles. The van der Waals surface area contributed by atoms with E-state index in [-0.39, 0.29) is 0 Å². The lowest BCUT2D eigenvalue weighted by Gasteiger charge is -2.07. The summed E-state index contributed by atoms with van der Waals surface area (Å²) in [6, 6.07) is 0. The molecule has 1 unspecified atom stereocenters. The van der Waals surface area contributed by atoms with Crippen LogP contribution in [-0.4, -0.2) is 11.1 Å². The summed E-state index contributed by atoms with van der Waals surface area (Å²) >= 11 is 0. The summed E-state index contributed by atoms with van der Waals surface area (Å²) in [6.07, 6.45) is 9.85. The van der Waals surface area contributed by atoms with Crippen LogP contribution in [-0.2, 0) is 4.79 Å². The molecule has 0 saturated carbocycles. The van der Waals surface area contributed by atoms with E-state index in [0.717, 1.165) is 18.1 Å². The van der Waals surface area contributed by atoms with Crippen LogP contribution < -0.4 is 0 Å². The fourth-order valence-electron chi connectivity index (χ4n) is 1.04. The molecule has 0 radical (unpaired) electrons. The van der Waals surface area contributed by atoms with Gasteiger partial charge in [-0.2, -0.15) is 0 Å². The highest BCUT2D eigenvalue weighted by Crippen LogP contribution is 2.15. The first-order chi connectivity index (χ1) is 5.68. The molecular weight excluding hydrogens is 152 g/mol. The number of rotatable bonds is 2. The Bertz CT molecular complexity index is 259. The van der Waals surface area contributed by atoms with Crippen molar-refractivity contribution in [1.29, 1.82) is 0 Å². The summed E-state index contributed by atoms with van der Waals surface area (Å²) in [7, 11) is 0. The Morgan fingerprint density at radius 1 is 1.75 bits per heavy atom. The highest BCUT2D eigenvalue weighted by Gasteiger charge is 2.00. The van der Waals surface area contributed by atoms with Gasteiger partial charge in [-0.05, 0) is 24.0 Å². The average Bonchev–Trinajstić information content (AvgIpc) is 2.03. The Balaban J connectivity index is 2.56. The molecule has 64 valence electrons. The number of allylic oxidation sites excluding steroid dienone is 5. The molecule has 0 heterocycles. The molecule has 0 saturated heterocycles. The lowest BCUT2D eigenvalue weighted by Crippen LogP contribution is -1.93. The highest BCUT2D eigenvalue weighted by atomic mass is 16.4. The van der Waals surface area contributed by atoms with Gasteiger partial charge in [-0.25, -0.2) is 4.79 Å². The van der Waals surface area contributed by atoms with Crippen LogP contribution in [0.15, 0.2) is 36.0 Å². The fourth-order valence-corrected chi connectivity index (χ4v) is 1.04. The van der Waals surface area contributed by atoms with Gasteiger partial charge in [0.1, 0.15) is 0 Å². The predicted molar refractivity (Wildman–Crippen MR) is 47.8 cm³/mol. The van der Waals surface area contributed by atoms with Crippen LogP contribution in [0.1, 0.15) is 13.3 Å². The normalized spacial score (nSPS) is 22.8. The zero-order valence-corrected chi connectivity index (χ0v) is 7.03. The van der Waals surface area contributed by atoms with Gasteiger partial charge in [-0.3, -0.25) is 0 Å². The molecule has 1 N–H and O–H groups in total. The standard InChI is InChI=1S/C10H12O2/c1-8-2-4-9(5-3-8)6-7-10(11)12/h2,4-8H,3H2,1H3,(H,11,12)/b7-6+. The molecule has 0 fully saturated rings. The van der Waals surface area contributed by atoms with Crippen molar-refractivity contribution in [2.75, 3.05) is 0 Å². The molecule has 1 rings (SSSR count). The van der Waals surface area contributed by atoms with Gasteiger partial charge in [-0.1, -0.05) is 25.2 Å². The minimum absolute atomic E-state index is 0.576. The Morgan fingerprint density at radius 3 is 3.00 bits per heavy atom. The van der Waals surface area contributed by atoms with Crippen LogP contribution in [0.4, 0.5) is 0 Å². The smallest absolute Gasteiger partial charge is 0.328 e. The molecule has 0 aromatic rings. The van der Waals surface area contributed by atoms with Crippen LogP contribution in [0.25, 0.3) is 0 Å². The van der Waals surface area contributed by atoms with Crippen molar-refractivity contribution in [3.8, 4) is 0 Å². The van der Waals surface area contributed by atoms with E-state index in [9.17, 15) is 4.79 Å². The van der Waals surface area contributed by atoms with Crippen molar-refractivity contribution < 1.29 is 9.90 Å². The molecule has 12 heavy (non-hydrogen) atoms. The van der Waals surface area contributed by atoms with Gasteiger partial charge in [0.25, 0.3) is 0 Å². The number of aliphatic carboxylic acids is 1. The maximum Gasteiger partial charge on any atom is 0.328 e. The van der Waals surface area contributed by atoms with E-state index >= 15 is 0 Å². The van der Waals surface area contributed by atoms with E-state index in [4.69, 9.17) is 5.11 Å². The quantitative estimate of drug-likeness (QED) is 0.635. The summed E-state index contributed by atoms with van der Waals surface area (Å²) in [5, 5.41) is 8.36. The number of hydrogen-bond donors (Lipinski definition) is 1. The molecule has 2 nitrogen and oxygen atoms in total. The lowest BCUT2D eigenvalue weighted by atomic mass is 9.98. The lowest BCUT2D eigenvalue weighted by molar-refractivity contribution is -0.131. The molecule has 1 aliphatic rings. The maximum atomic E-state index is 10.2. The minimum atomic E-state index is -0.900. The molecule has 0 amide bonds. The van der Waals surface area contributed by atoms with E-state index in [1.807, 2.05) is 12.2 Å². The average molecular weight is 164 g/mol. The summed E-state index contributed by atoms with van der Waals surface area (Å²) in [4.78, 5) is 10.2. The van der Waals surface area contributed by atoms with Crippen molar-refractivity contribution in [2.24, 2.45) is 5.92 Å². The monoisotopic (exact) mass is 164 g/mol. The van der Waals surface area contributed by atoms with Crippen molar-refractivity contribution >= 4 is 5.97 Å². The molecular formula is C10H12O2. The first-order valence-corrected chi connectivity index (χ1v) is 3.98. The van der Waals surface area contributed by atoms with Crippen LogP contribution in [0.5, 0.6) is 0 Å². The Hall–Kier alpha value is -1.31. The van der Waals surface area contributed by atoms with E-state index in [2.05, 4.69) is 13.0 Å². The second-order valence-electron chi connectivity index (χ2n) is 2.95. The topological polar surface area (TPSA) is 37.3 Å². The molecule has 1 aliphatic carbocycles. The van der Waals surface area contributed by atoms with Crippen LogP contribution in [0.2, 0.25) is 0 Å². The van der Waals surface area contributed by atoms with Crippen LogP contribution in [0.3, 0.4) is 0 Å². The van der Waals surface area contributed by atoms with Crippen LogP contribution >= 0.6 is 0 Å². The third-order valence-electron chi connectivity index (χ3n) is 1.76. The Labute approximate surface area is 71.9 Å². The Kier molecular flexibility index (Phi) is 2.86. The van der Waals surface area contributed by atoms with Gasteiger partial charge in [0.2, 0.25) is 0 Å². The van der Waals surface area contributed by atoms with Gasteiger partial charge >= 0.3 is 5.97 Å². The number of carbonyl (C=O) groups is 1. The van der Waals surface area contributed by atoms with Crippen molar-refractivity contribution in [3.63, 3.8) is 0 Å². The highest BCUT2D eigenvalue weighted by molar-refractivity contribution is 5.80. The largest absolute Gasteiger partial charge is 0.478 e. The van der Waals surface area contributed by atoms with E-state index in [0.29, 0.717) is 5.92 Å². The number of carboxylic acids is 1. The second-order valence-corrected chi connectivity index (χ2v) is 2.95. The van der Waals surface area contributed by atoms with Gasteiger partial charge in [0, 0.05) is 6.08 Å². The van der Waals surface area contributed by atoms with E-state index < -0.39 is 5.97 Å². The zero-order valence-electron chi connectivity index (χ0n) is 7.03. The summed E-state index contributed by atoms with van der Waals surface area (Å²) < 4.78 is 0. The van der Waals surface area contributed by atoms with Crippen molar-refractivity contribution in [2.45, 2.75) is 13.3 Å². The summed E-state index contributed by atoms with van der Waals surface area (Å²) in [6.45, 7) is 2.13. The maximum absolute atomic E-state index is 10.2. The summed E-state index contributed by atoms with van der Waals surface area (Å²) in [5.74, 6) is -0.324. The SMILES string of the molecule is CC1C=CC(/C=C/C(=O)O)=CC1. The summed E-state index contributed by atoms with van der Waals surface area (Å²) in [5.41, 5.74) is 0.982. The molecule has 0 aromatic heterocycles. The first kappa shape index (κ1) is 8.78. The van der Waals surface area contributed by atoms with E-state index in [1.54, 1.807) is 6.08 Å². The third-order valence-corrected chi connectivity index (χ3v) is 1.76. The minimum Gasteiger partial charge on any atom is -0.478 e. The van der Waals surface area contributed by atoms with E-state index in [1.165, 1.54) is 0 Å². The van der Waals surface area contributed by atoms with Crippen molar-refractivity contribution in [3.05, 3.63) is 36.0 Å². The van der Waals surface area contributed by atoms with Gasteiger partial charge in [0.05, 0.1) is 0 Å². The zero-order chi connectivity index (χ0) is 8.97. The molecule has 0 spiro atoms. The molecule has 0 aliphatic heterocycles. The fraction of sp³-hybridized carbons (Fsp3) is 0.300. The molecule has 2 heteroatoms. The second kappa shape index (κ2) is 3.90. The predicted octanol–water partition coefficient (Wildman–Crippen LogP) is 2.15. The first-order valence-electron chi connectivity index (χ1n) is 3.98. The van der Waals surface area contributed by atoms with Crippen molar-refractivity contribution in [1.82, 2.24) is 0 Å². The number of carboxylic acid groups (broad SMARTS) is 1. The molecule has 0 bridgehead atoms. The third kappa shape index (κ3) is 2.74. The van der Waals surface area contributed by atoms with Gasteiger partial charge < -0.3 is 5.11 Å². The number of hydrogen-bond acceptors (Lipinski definition) is 1. The molecule has 1 atom stereocenters. The van der Waals surface area contributed by atoms with Crippen LogP contribution in [0, 0.1) is 5.92 Å². The Morgan fingerprint density at radius 2 is 2.50 bits per heavy atom.